The molecule has 0 aliphatic rings. The SMILES string of the molecule is CC(=O)SC(c1ccccc1)(c1ccccc1)c1ccccc1. The third kappa shape index (κ3) is 3.08. The fourth-order valence-corrected chi connectivity index (χ4v) is 4.10. The molecule has 1 nitrogen and oxygen atoms in total. The molecular formula is C21H18OS. The van der Waals surface area contributed by atoms with Crippen LogP contribution >= 0.6 is 11.8 Å². The molecule has 0 heterocycles. The van der Waals surface area contributed by atoms with Crippen molar-refractivity contribution in [1.82, 2.24) is 0 Å². The lowest BCUT2D eigenvalue weighted by Crippen LogP contribution is -2.26. The number of carbonyl (C=O) groups is 1. The van der Waals surface area contributed by atoms with Crippen molar-refractivity contribution < 1.29 is 4.79 Å². The average Bonchev–Trinajstić information content (AvgIpc) is 2.62. The normalized spacial score (nSPS) is 11.2. The van der Waals surface area contributed by atoms with Crippen molar-refractivity contribution in [3.05, 3.63) is 108 Å². The summed E-state index contributed by atoms with van der Waals surface area (Å²) in [6, 6.07) is 30.7. The fourth-order valence-electron chi connectivity index (χ4n) is 2.91. The smallest absolute Gasteiger partial charge is 0.187 e. The number of hydrogen-bond acceptors (Lipinski definition) is 2. The zero-order valence-corrected chi connectivity index (χ0v) is 13.8. The number of rotatable bonds is 4. The van der Waals surface area contributed by atoms with Gasteiger partial charge < -0.3 is 0 Å². The topological polar surface area (TPSA) is 17.1 Å². The molecule has 0 unspecified atom stereocenters. The van der Waals surface area contributed by atoms with Crippen LogP contribution in [0.5, 0.6) is 0 Å². The first-order chi connectivity index (χ1) is 11.2. The highest BCUT2D eigenvalue weighted by Crippen LogP contribution is 2.48. The van der Waals surface area contributed by atoms with Gasteiger partial charge in [0.1, 0.15) is 0 Å². The Hall–Kier alpha value is -2.32. The molecule has 0 saturated carbocycles. The van der Waals surface area contributed by atoms with Crippen LogP contribution in [0.4, 0.5) is 0 Å². The molecule has 3 aromatic carbocycles. The summed E-state index contributed by atoms with van der Waals surface area (Å²) in [6.45, 7) is 1.63. The Morgan fingerprint density at radius 1 is 0.652 bits per heavy atom. The van der Waals surface area contributed by atoms with Crippen molar-refractivity contribution in [1.29, 1.82) is 0 Å². The Bertz CT molecular complexity index is 670. The van der Waals surface area contributed by atoms with E-state index in [-0.39, 0.29) is 5.12 Å². The number of thioether (sulfide) groups is 1. The Balaban J connectivity index is 2.32. The van der Waals surface area contributed by atoms with Crippen LogP contribution in [0.1, 0.15) is 23.6 Å². The van der Waals surface area contributed by atoms with Gasteiger partial charge in [-0.3, -0.25) is 4.79 Å². The number of carbonyl (C=O) groups excluding carboxylic acids is 1. The van der Waals surface area contributed by atoms with Gasteiger partial charge in [-0.1, -0.05) is 103 Å². The molecule has 2 heteroatoms. The molecule has 0 aromatic heterocycles. The van der Waals surface area contributed by atoms with Crippen LogP contribution in [0.2, 0.25) is 0 Å². The van der Waals surface area contributed by atoms with E-state index in [0.717, 1.165) is 16.7 Å². The van der Waals surface area contributed by atoms with E-state index in [1.165, 1.54) is 11.8 Å². The molecule has 0 bridgehead atoms. The molecule has 114 valence electrons. The highest BCUT2D eigenvalue weighted by molar-refractivity contribution is 8.14. The van der Waals surface area contributed by atoms with E-state index in [9.17, 15) is 4.79 Å². The first-order valence-electron chi connectivity index (χ1n) is 7.59. The van der Waals surface area contributed by atoms with Crippen molar-refractivity contribution in [2.75, 3.05) is 0 Å². The van der Waals surface area contributed by atoms with Gasteiger partial charge in [-0.05, 0) is 16.7 Å². The van der Waals surface area contributed by atoms with Crippen LogP contribution in [0.15, 0.2) is 91.0 Å². The third-order valence-electron chi connectivity index (χ3n) is 3.84. The molecule has 0 aliphatic heterocycles. The van der Waals surface area contributed by atoms with Crippen LogP contribution in [0.3, 0.4) is 0 Å². The largest absolute Gasteiger partial charge is 0.287 e. The maximum Gasteiger partial charge on any atom is 0.187 e. The standard InChI is InChI=1S/C21H18OS/c1-17(22)23-21(18-11-5-2-6-12-18,19-13-7-3-8-14-19)20-15-9-4-10-16-20/h2-16H,1H3. The van der Waals surface area contributed by atoms with Crippen LogP contribution in [-0.4, -0.2) is 5.12 Å². The van der Waals surface area contributed by atoms with Gasteiger partial charge in [0.05, 0.1) is 4.75 Å². The monoisotopic (exact) mass is 318 g/mol. The van der Waals surface area contributed by atoms with E-state index < -0.39 is 4.75 Å². The van der Waals surface area contributed by atoms with Gasteiger partial charge in [-0.25, -0.2) is 0 Å². The van der Waals surface area contributed by atoms with Gasteiger partial charge in [0, 0.05) is 6.92 Å². The summed E-state index contributed by atoms with van der Waals surface area (Å²) in [5.41, 5.74) is 3.33. The summed E-state index contributed by atoms with van der Waals surface area (Å²) >= 11 is 1.37. The second kappa shape index (κ2) is 6.84. The van der Waals surface area contributed by atoms with E-state index in [0.29, 0.717) is 0 Å². The lowest BCUT2D eigenvalue weighted by atomic mass is 9.84. The quantitative estimate of drug-likeness (QED) is 0.610. The Morgan fingerprint density at radius 2 is 0.957 bits per heavy atom. The highest BCUT2D eigenvalue weighted by Gasteiger charge is 2.38. The first kappa shape index (κ1) is 15.6. The lowest BCUT2D eigenvalue weighted by molar-refractivity contribution is -0.109. The summed E-state index contributed by atoms with van der Waals surface area (Å²) in [6.07, 6.45) is 0. The Labute approximate surface area is 141 Å². The van der Waals surface area contributed by atoms with E-state index in [1.807, 2.05) is 54.6 Å². The molecule has 3 rings (SSSR count). The van der Waals surface area contributed by atoms with Crippen molar-refractivity contribution in [2.24, 2.45) is 0 Å². The predicted octanol–water partition coefficient (Wildman–Crippen LogP) is 5.26. The Kier molecular flexibility index (Phi) is 4.63. The molecule has 0 spiro atoms. The van der Waals surface area contributed by atoms with Gasteiger partial charge in [0.2, 0.25) is 0 Å². The van der Waals surface area contributed by atoms with Crippen molar-refractivity contribution >= 4 is 16.9 Å². The van der Waals surface area contributed by atoms with Gasteiger partial charge >= 0.3 is 0 Å². The minimum atomic E-state index is -0.532. The maximum absolute atomic E-state index is 12.1. The maximum atomic E-state index is 12.1. The first-order valence-corrected chi connectivity index (χ1v) is 8.41. The van der Waals surface area contributed by atoms with E-state index in [4.69, 9.17) is 0 Å². The average molecular weight is 318 g/mol. The van der Waals surface area contributed by atoms with E-state index in [2.05, 4.69) is 36.4 Å². The van der Waals surface area contributed by atoms with Crippen LogP contribution in [0.25, 0.3) is 0 Å². The minimum Gasteiger partial charge on any atom is -0.287 e. The predicted molar refractivity (Wildman–Crippen MR) is 97.5 cm³/mol. The zero-order valence-electron chi connectivity index (χ0n) is 13.0. The molecule has 0 saturated heterocycles. The van der Waals surface area contributed by atoms with Crippen LogP contribution in [0, 0.1) is 0 Å². The van der Waals surface area contributed by atoms with E-state index in [1.54, 1.807) is 6.92 Å². The Morgan fingerprint density at radius 3 is 1.22 bits per heavy atom. The molecule has 3 aromatic rings. The number of hydrogen-bond donors (Lipinski definition) is 0. The summed E-state index contributed by atoms with van der Waals surface area (Å²) < 4.78 is -0.532. The fraction of sp³-hybridized carbons (Fsp3) is 0.0952. The lowest BCUT2D eigenvalue weighted by Gasteiger charge is -2.34. The van der Waals surface area contributed by atoms with Gasteiger partial charge in [0.25, 0.3) is 0 Å². The molecule has 0 amide bonds. The van der Waals surface area contributed by atoms with Crippen molar-refractivity contribution in [3.63, 3.8) is 0 Å². The van der Waals surface area contributed by atoms with Crippen molar-refractivity contribution in [2.45, 2.75) is 11.7 Å². The second-order valence-electron chi connectivity index (χ2n) is 5.37. The minimum absolute atomic E-state index is 0.0987. The van der Waals surface area contributed by atoms with Gasteiger partial charge in [-0.15, -0.1) is 0 Å². The second-order valence-corrected chi connectivity index (χ2v) is 6.76. The van der Waals surface area contributed by atoms with Crippen LogP contribution in [-0.2, 0) is 9.54 Å². The highest BCUT2D eigenvalue weighted by atomic mass is 32.2. The summed E-state index contributed by atoms with van der Waals surface area (Å²) in [7, 11) is 0. The van der Waals surface area contributed by atoms with Gasteiger partial charge in [0.15, 0.2) is 5.12 Å². The molecular weight excluding hydrogens is 300 g/mol. The zero-order chi connectivity index (χ0) is 16.1. The molecule has 0 fully saturated rings. The molecule has 0 radical (unpaired) electrons. The third-order valence-corrected chi connectivity index (χ3v) is 5.14. The van der Waals surface area contributed by atoms with Gasteiger partial charge in [-0.2, -0.15) is 0 Å². The van der Waals surface area contributed by atoms with Crippen LogP contribution < -0.4 is 0 Å². The number of benzene rings is 3. The summed E-state index contributed by atoms with van der Waals surface area (Å²) in [5, 5.41) is 0.0987. The molecule has 0 aliphatic carbocycles. The molecule has 23 heavy (non-hydrogen) atoms. The molecule has 0 atom stereocenters. The summed E-state index contributed by atoms with van der Waals surface area (Å²) in [4.78, 5) is 12.1. The summed E-state index contributed by atoms with van der Waals surface area (Å²) in [5.74, 6) is 0. The van der Waals surface area contributed by atoms with E-state index >= 15 is 0 Å². The van der Waals surface area contributed by atoms with Crippen molar-refractivity contribution in [3.8, 4) is 0 Å². The molecule has 0 N–H and O–H groups in total.